The number of hydrogen-bond acceptors (Lipinski definition) is 3. The summed E-state index contributed by atoms with van der Waals surface area (Å²) in [7, 11) is 0. The van der Waals surface area contributed by atoms with E-state index < -0.39 is 0 Å². The number of nitrogens with zero attached hydrogens (tertiary/aromatic N) is 1. The molecule has 0 aliphatic carbocycles. The highest BCUT2D eigenvalue weighted by Gasteiger charge is 2.41. The summed E-state index contributed by atoms with van der Waals surface area (Å²) in [6.07, 6.45) is 5.52. The molecule has 2 fully saturated rings. The summed E-state index contributed by atoms with van der Waals surface area (Å²) in [6.45, 7) is 5.04. The van der Waals surface area contributed by atoms with Crippen LogP contribution in [0.1, 0.15) is 37.5 Å². The number of thiophene rings is 1. The highest BCUT2D eigenvalue weighted by atomic mass is 32.2. The summed E-state index contributed by atoms with van der Waals surface area (Å²) in [5.74, 6) is 3.55. The molecule has 2 aliphatic rings. The van der Waals surface area contributed by atoms with Crippen LogP contribution in [0.4, 0.5) is 0 Å². The van der Waals surface area contributed by atoms with Crippen molar-refractivity contribution in [2.24, 2.45) is 5.92 Å². The molecule has 3 rings (SSSR count). The predicted molar refractivity (Wildman–Crippen MR) is 82.5 cm³/mol. The molecular weight excluding hydrogens is 258 g/mol. The minimum absolute atomic E-state index is 0.383. The van der Waals surface area contributed by atoms with Crippen LogP contribution < -0.4 is 0 Å². The zero-order valence-corrected chi connectivity index (χ0v) is 12.9. The van der Waals surface area contributed by atoms with Gasteiger partial charge in [0, 0.05) is 11.4 Å². The molecule has 1 aromatic rings. The molecule has 18 heavy (non-hydrogen) atoms. The average Bonchev–Trinajstić information content (AvgIpc) is 2.94. The zero-order valence-electron chi connectivity index (χ0n) is 11.2. The summed E-state index contributed by atoms with van der Waals surface area (Å²) in [6, 6.07) is 4.61. The van der Waals surface area contributed by atoms with E-state index in [1.165, 1.54) is 50.3 Å². The normalized spacial score (nSPS) is 29.3. The zero-order chi connectivity index (χ0) is 12.4. The molecule has 0 aromatic carbocycles. The van der Waals surface area contributed by atoms with Gasteiger partial charge in [-0.1, -0.05) is 13.0 Å². The fraction of sp³-hybridized carbons (Fsp3) is 0.733. The van der Waals surface area contributed by atoms with E-state index in [0.717, 1.165) is 5.92 Å². The first-order valence-corrected chi connectivity index (χ1v) is 9.21. The lowest BCUT2D eigenvalue weighted by molar-refractivity contribution is 0.0382. The van der Waals surface area contributed by atoms with Crippen LogP contribution in [0.3, 0.4) is 0 Å². The molecule has 0 radical (unpaired) electrons. The SMILES string of the molecule is C[C@H]1CCCN(C2(c3cccs3)CCSCC2)C1. The monoisotopic (exact) mass is 281 g/mol. The highest BCUT2D eigenvalue weighted by molar-refractivity contribution is 7.99. The number of rotatable bonds is 2. The van der Waals surface area contributed by atoms with Gasteiger partial charge in [-0.25, -0.2) is 0 Å². The van der Waals surface area contributed by atoms with Crippen LogP contribution in [0.25, 0.3) is 0 Å². The van der Waals surface area contributed by atoms with E-state index in [-0.39, 0.29) is 0 Å². The van der Waals surface area contributed by atoms with Crippen LogP contribution >= 0.6 is 23.1 Å². The van der Waals surface area contributed by atoms with Gasteiger partial charge in [0.2, 0.25) is 0 Å². The van der Waals surface area contributed by atoms with Crippen molar-refractivity contribution in [3.8, 4) is 0 Å². The smallest absolute Gasteiger partial charge is 0.0569 e. The Morgan fingerprint density at radius 3 is 2.83 bits per heavy atom. The van der Waals surface area contributed by atoms with Gasteiger partial charge >= 0.3 is 0 Å². The standard InChI is InChI=1S/C15H23NS2/c1-13-4-2-8-16(12-13)15(6-10-17-11-7-15)14-5-3-9-18-14/h3,5,9,13H,2,4,6-8,10-12H2,1H3/t13-/m0/s1. The van der Waals surface area contributed by atoms with E-state index in [1.807, 2.05) is 11.3 Å². The fourth-order valence-corrected chi connectivity index (χ4v) is 5.73. The number of likely N-dealkylation sites (tertiary alicyclic amines) is 1. The molecule has 0 unspecified atom stereocenters. The molecule has 0 bridgehead atoms. The molecule has 2 saturated heterocycles. The Kier molecular flexibility index (Phi) is 4.02. The molecule has 3 heterocycles. The minimum atomic E-state index is 0.383. The summed E-state index contributed by atoms with van der Waals surface area (Å²) >= 11 is 4.11. The van der Waals surface area contributed by atoms with Gasteiger partial charge in [0.1, 0.15) is 0 Å². The van der Waals surface area contributed by atoms with Gasteiger partial charge in [0.15, 0.2) is 0 Å². The van der Waals surface area contributed by atoms with Crippen molar-refractivity contribution in [1.82, 2.24) is 4.90 Å². The van der Waals surface area contributed by atoms with Gasteiger partial charge in [-0.15, -0.1) is 11.3 Å². The van der Waals surface area contributed by atoms with Crippen molar-refractivity contribution in [2.75, 3.05) is 24.6 Å². The molecule has 0 amide bonds. The summed E-state index contributed by atoms with van der Waals surface area (Å²) < 4.78 is 0. The van der Waals surface area contributed by atoms with Crippen LogP contribution in [-0.4, -0.2) is 29.5 Å². The third-order valence-electron chi connectivity index (χ3n) is 4.56. The molecule has 1 nitrogen and oxygen atoms in total. The summed E-state index contributed by atoms with van der Waals surface area (Å²) in [5, 5.41) is 2.26. The molecule has 3 heteroatoms. The molecule has 0 N–H and O–H groups in total. The molecule has 0 spiro atoms. The maximum Gasteiger partial charge on any atom is 0.0569 e. The lowest BCUT2D eigenvalue weighted by atomic mass is 9.85. The first kappa shape index (κ1) is 13.0. The lowest BCUT2D eigenvalue weighted by Gasteiger charge is -2.49. The van der Waals surface area contributed by atoms with Crippen LogP contribution in [0, 0.1) is 5.92 Å². The van der Waals surface area contributed by atoms with Crippen LogP contribution in [0.2, 0.25) is 0 Å². The maximum atomic E-state index is 2.83. The molecule has 0 saturated carbocycles. The number of thioether (sulfide) groups is 1. The summed E-state index contributed by atoms with van der Waals surface area (Å²) in [5.41, 5.74) is 0.383. The van der Waals surface area contributed by atoms with E-state index >= 15 is 0 Å². The van der Waals surface area contributed by atoms with Gasteiger partial charge in [-0.05, 0) is 61.1 Å². The third kappa shape index (κ3) is 2.37. The van der Waals surface area contributed by atoms with Crippen molar-refractivity contribution in [2.45, 2.75) is 38.1 Å². The lowest BCUT2D eigenvalue weighted by Crippen LogP contribution is -2.51. The van der Waals surface area contributed by atoms with Crippen molar-refractivity contribution in [1.29, 1.82) is 0 Å². The molecule has 1 aromatic heterocycles. The van der Waals surface area contributed by atoms with Crippen molar-refractivity contribution in [3.05, 3.63) is 22.4 Å². The topological polar surface area (TPSA) is 3.24 Å². The van der Waals surface area contributed by atoms with E-state index in [4.69, 9.17) is 0 Å². The van der Waals surface area contributed by atoms with E-state index in [2.05, 4.69) is 41.1 Å². The van der Waals surface area contributed by atoms with Crippen molar-refractivity contribution >= 4 is 23.1 Å². The van der Waals surface area contributed by atoms with Gasteiger partial charge in [-0.3, -0.25) is 4.90 Å². The van der Waals surface area contributed by atoms with E-state index in [1.54, 1.807) is 4.88 Å². The van der Waals surface area contributed by atoms with Crippen molar-refractivity contribution in [3.63, 3.8) is 0 Å². The largest absolute Gasteiger partial charge is 0.293 e. The van der Waals surface area contributed by atoms with Crippen molar-refractivity contribution < 1.29 is 0 Å². The van der Waals surface area contributed by atoms with Gasteiger partial charge in [-0.2, -0.15) is 11.8 Å². The Labute approximate surface area is 119 Å². The number of piperidine rings is 1. The van der Waals surface area contributed by atoms with Crippen LogP contribution in [-0.2, 0) is 5.54 Å². The average molecular weight is 281 g/mol. The molecule has 2 aliphatic heterocycles. The van der Waals surface area contributed by atoms with Crippen LogP contribution in [0.5, 0.6) is 0 Å². The van der Waals surface area contributed by atoms with Gasteiger partial charge in [0.05, 0.1) is 5.54 Å². The van der Waals surface area contributed by atoms with E-state index in [9.17, 15) is 0 Å². The Morgan fingerprint density at radius 1 is 1.33 bits per heavy atom. The van der Waals surface area contributed by atoms with E-state index in [0.29, 0.717) is 5.54 Å². The van der Waals surface area contributed by atoms with Gasteiger partial charge in [0.25, 0.3) is 0 Å². The molecular formula is C15H23NS2. The first-order valence-electron chi connectivity index (χ1n) is 7.18. The molecule has 100 valence electrons. The van der Waals surface area contributed by atoms with Gasteiger partial charge < -0.3 is 0 Å². The third-order valence-corrected chi connectivity index (χ3v) is 6.61. The number of hydrogen-bond donors (Lipinski definition) is 0. The Morgan fingerprint density at radius 2 is 2.17 bits per heavy atom. The molecule has 1 atom stereocenters. The summed E-state index contributed by atoms with van der Waals surface area (Å²) in [4.78, 5) is 4.45. The minimum Gasteiger partial charge on any atom is -0.293 e. The first-order chi connectivity index (χ1) is 8.81. The maximum absolute atomic E-state index is 2.83. The quantitative estimate of drug-likeness (QED) is 0.799. The second-order valence-corrected chi connectivity index (χ2v) is 7.99. The highest BCUT2D eigenvalue weighted by Crippen LogP contribution is 2.44. The Hall–Kier alpha value is 0.01000. The second kappa shape index (κ2) is 5.56. The fourth-order valence-electron chi connectivity index (χ4n) is 3.55. The Balaban J connectivity index is 1.89. The second-order valence-electron chi connectivity index (χ2n) is 5.81. The van der Waals surface area contributed by atoms with Crippen LogP contribution in [0.15, 0.2) is 17.5 Å². The predicted octanol–water partition coefficient (Wildman–Crippen LogP) is 4.20. The Bertz CT molecular complexity index is 368.